The second-order valence-corrected chi connectivity index (χ2v) is 6.83. The largest absolute Gasteiger partial charge is 0.450 e. The Kier molecular flexibility index (Phi) is 3.41. The Morgan fingerprint density at radius 3 is 2.74 bits per heavy atom. The lowest BCUT2D eigenvalue weighted by molar-refractivity contribution is 0.0970. The molecule has 132 valence electrons. The molecular weight excluding hydrogens is 369 g/mol. The molecule has 0 aliphatic carbocycles. The summed E-state index contributed by atoms with van der Waals surface area (Å²) in [4.78, 5) is 36.2. The quantitative estimate of drug-likeness (QED) is 0.533. The van der Waals surface area contributed by atoms with Crippen LogP contribution in [-0.4, -0.2) is 15.9 Å². The Morgan fingerprint density at radius 2 is 2.00 bits per heavy atom. The van der Waals surface area contributed by atoms with E-state index in [1.165, 1.54) is 28.4 Å². The fraction of sp³-hybridized carbons (Fsp3) is 0.0526. The lowest BCUT2D eigenvalue weighted by Gasteiger charge is -2.21. The minimum Gasteiger partial charge on any atom is -0.450 e. The molecule has 0 fully saturated rings. The van der Waals surface area contributed by atoms with Gasteiger partial charge in [-0.05, 0) is 30.3 Å². The third-order valence-electron chi connectivity index (χ3n) is 4.43. The van der Waals surface area contributed by atoms with Gasteiger partial charge in [-0.15, -0.1) is 11.3 Å². The van der Waals surface area contributed by atoms with E-state index in [9.17, 15) is 14.0 Å². The van der Waals surface area contributed by atoms with E-state index in [-0.39, 0.29) is 22.3 Å². The Balaban J connectivity index is 1.85. The van der Waals surface area contributed by atoms with Crippen LogP contribution in [0, 0.1) is 5.82 Å². The van der Waals surface area contributed by atoms with E-state index < -0.39 is 23.2 Å². The molecule has 1 atom stereocenters. The maximum atomic E-state index is 13.7. The number of anilines is 1. The van der Waals surface area contributed by atoms with Crippen molar-refractivity contribution in [3.05, 3.63) is 87.2 Å². The van der Waals surface area contributed by atoms with Crippen LogP contribution in [0.5, 0.6) is 0 Å². The number of carbonyl (C=O) groups excluding carboxylic acids is 1. The zero-order valence-corrected chi connectivity index (χ0v) is 14.4. The summed E-state index contributed by atoms with van der Waals surface area (Å²) in [7, 11) is 0. The van der Waals surface area contributed by atoms with Crippen molar-refractivity contribution >= 4 is 33.3 Å². The molecule has 1 aromatic carbocycles. The van der Waals surface area contributed by atoms with E-state index in [0.717, 1.165) is 6.07 Å². The van der Waals surface area contributed by atoms with Crippen LogP contribution >= 0.6 is 11.3 Å². The first-order valence-corrected chi connectivity index (χ1v) is 8.93. The predicted octanol–water partition coefficient (Wildman–Crippen LogP) is 3.53. The summed E-state index contributed by atoms with van der Waals surface area (Å²) in [6.07, 6.45) is 3.16. The summed E-state index contributed by atoms with van der Waals surface area (Å²) in [5.41, 5.74) is 0.359. The van der Waals surface area contributed by atoms with Gasteiger partial charge in [0.15, 0.2) is 10.6 Å². The summed E-state index contributed by atoms with van der Waals surface area (Å²) < 4.78 is 19.4. The molecule has 0 spiro atoms. The number of nitrogens with zero attached hydrogens (tertiary/aromatic N) is 3. The van der Waals surface area contributed by atoms with E-state index in [2.05, 4.69) is 9.97 Å². The van der Waals surface area contributed by atoms with Crippen molar-refractivity contribution in [2.75, 3.05) is 4.90 Å². The van der Waals surface area contributed by atoms with Crippen LogP contribution in [0.3, 0.4) is 0 Å². The van der Waals surface area contributed by atoms with Gasteiger partial charge in [-0.3, -0.25) is 19.5 Å². The van der Waals surface area contributed by atoms with Gasteiger partial charge in [0.25, 0.3) is 5.91 Å². The minimum atomic E-state index is -0.788. The molecule has 3 aromatic heterocycles. The van der Waals surface area contributed by atoms with Gasteiger partial charge in [-0.1, -0.05) is 6.07 Å². The fourth-order valence-electron chi connectivity index (χ4n) is 3.29. The molecule has 0 saturated heterocycles. The van der Waals surface area contributed by atoms with Gasteiger partial charge in [0.1, 0.15) is 17.4 Å². The van der Waals surface area contributed by atoms with E-state index >= 15 is 0 Å². The number of aromatic nitrogens is 2. The van der Waals surface area contributed by atoms with E-state index in [1.54, 1.807) is 36.0 Å². The van der Waals surface area contributed by atoms with Crippen molar-refractivity contribution in [2.45, 2.75) is 6.04 Å². The molecule has 4 aromatic rings. The number of carbonyl (C=O) groups is 1. The van der Waals surface area contributed by atoms with E-state index in [4.69, 9.17) is 4.42 Å². The lowest BCUT2D eigenvalue weighted by Crippen LogP contribution is -2.29. The number of fused-ring (bicyclic) bond motifs is 2. The monoisotopic (exact) mass is 379 g/mol. The minimum absolute atomic E-state index is 0.0649. The highest BCUT2D eigenvalue weighted by Gasteiger charge is 2.45. The summed E-state index contributed by atoms with van der Waals surface area (Å²) in [6.45, 7) is 0. The first-order valence-electron chi connectivity index (χ1n) is 8.05. The number of halogens is 1. The van der Waals surface area contributed by atoms with Gasteiger partial charge < -0.3 is 4.42 Å². The molecule has 8 heteroatoms. The average Bonchev–Trinajstić information content (AvgIpc) is 3.30. The van der Waals surface area contributed by atoms with Crippen molar-refractivity contribution in [2.24, 2.45) is 0 Å². The number of thiazole rings is 1. The molecule has 6 nitrogen and oxygen atoms in total. The topological polar surface area (TPSA) is 76.3 Å². The first-order chi connectivity index (χ1) is 13.1. The van der Waals surface area contributed by atoms with Crippen molar-refractivity contribution in [3.63, 3.8) is 0 Å². The number of pyridine rings is 1. The third-order valence-corrected chi connectivity index (χ3v) is 5.20. The van der Waals surface area contributed by atoms with Crippen LogP contribution in [0.2, 0.25) is 0 Å². The Morgan fingerprint density at radius 1 is 1.11 bits per heavy atom. The molecule has 0 unspecified atom stereocenters. The smallest absolute Gasteiger partial charge is 0.297 e. The Hall–Kier alpha value is -3.39. The normalized spacial score (nSPS) is 16.1. The van der Waals surface area contributed by atoms with Crippen molar-refractivity contribution in [1.29, 1.82) is 0 Å². The van der Waals surface area contributed by atoms with Gasteiger partial charge in [0, 0.05) is 17.8 Å². The zero-order valence-electron chi connectivity index (χ0n) is 13.6. The highest BCUT2D eigenvalue weighted by molar-refractivity contribution is 7.13. The van der Waals surface area contributed by atoms with Crippen LogP contribution in [0.1, 0.15) is 27.9 Å². The SMILES string of the molecule is O=C1c2oc3ccc(F)cc3c(=O)c2[C@@H](c2ccccn2)N1c1nccs1. The molecule has 1 aliphatic heterocycles. The summed E-state index contributed by atoms with van der Waals surface area (Å²) in [5.74, 6) is -1.09. The molecule has 27 heavy (non-hydrogen) atoms. The van der Waals surface area contributed by atoms with Gasteiger partial charge in [0.05, 0.1) is 16.6 Å². The molecule has 0 bridgehead atoms. The first kappa shape index (κ1) is 15.8. The predicted molar refractivity (Wildman–Crippen MR) is 97.4 cm³/mol. The summed E-state index contributed by atoms with van der Waals surface area (Å²) in [5, 5.41) is 2.25. The molecule has 0 radical (unpaired) electrons. The summed E-state index contributed by atoms with van der Waals surface area (Å²) >= 11 is 1.27. The fourth-order valence-corrected chi connectivity index (χ4v) is 3.96. The second-order valence-electron chi connectivity index (χ2n) is 5.96. The maximum Gasteiger partial charge on any atom is 0.297 e. The number of rotatable bonds is 2. The number of amides is 1. The van der Waals surface area contributed by atoms with Crippen LogP contribution in [0.15, 0.2) is 63.4 Å². The molecular formula is C19H10FN3O3S. The van der Waals surface area contributed by atoms with Crippen LogP contribution < -0.4 is 10.3 Å². The second kappa shape index (κ2) is 5.82. The van der Waals surface area contributed by atoms with Gasteiger partial charge in [-0.25, -0.2) is 9.37 Å². The zero-order chi connectivity index (χ0) is 18.5. The molecule has 4 heterocycles. The maximum absolute atomic E-state index is 13.7. The van der Waals surface area contributed by atoms with Crippen molar-refractivity contribution in [3.8, 4) is 0 Å². The van der Waals surface area contributed by atoms with Gasteiger partial charge in [-0.2, -0.15) is 0 Å². The standard InChI is InChI=1S/C19H10FN3O3S/c20-10-4-5-13-11(9-10)16(24)14-15(12-3-1-2-6-21-12)23(18(25)17(14)26-13)19-22-7-8-27-19/h1-9,15H/t15-/m1/s1. The number of hydrogen-bond acceptors (Lipinski definition) is 6. The van der Waals surface area contributed by atoms with Crippen LogP contribution in [-0.2, 0) is 0 Å². The van der Waals surface area contributed by atoms with Crippen molar-refractivity contribution in [1.82, 2.24) is 9.97 Å². The molecule has 1 aliphatic rings. The van der Waals surface area contributed by atoms with E-state index in [1.807, 2.05) is 0 Å². The average molecular weight is 379 g/mol. The highest BCUT2D eigenvalue weighted by Crippen LogP contribution is 2.41. The lowest BCUT2D eigenvalue weighted by atomic mass is 10.0. The van der Waals surface area contributed by atoms with Gasteiger partial charge in [0.2, 0.25) is 5.76 Å². The number of hydrogen-bond donors (Lipinski definition) is 0. The molecule has 0 saturated carbocycles. The van der Waals surface area contributed by atoms with Crippen LogP contribution in [0.4, 0.5) is 9.52 Å². The highest BCUT2D eigenvalue weighted by atomic mass is 32.1. The van der Waals surface area contributed by atoms with Crippen LogP contribution in [0.25, 0.3) is 11.0 Å². The molecule has 1 amide bonds. The molecule has 0 N–H and O–H groups in total. The Bertz CT molecular complexity index is 1240. The van der Waals surface area contributed by atoms with Gasteiger partial charge >= 0.3 is 0 Å². The number of benzene rings is 1. The summed E-state index contributed by atoms with van der Waals surface area (Å²) in [6, 6.07) is 8.10. The molecule has 5 rings (SSSR count). The third kappa shape index (κ3) is 2.30. The van der Waals surface area contributed by atoms with Crippen molar-refractivity contribution < 1.29 is 13.6 Å². The van der Waals surface area contributed by atoms with E-state index in [0.29, 0.717) is 10.8 Å². The Labute approximate surface area is 155 Å².